The second kappa shape index (κ2) is 7.23. The summed E-state index contributed by atoms with van der Waals surface area (Å²) in [7, 11) is 2.01. The molecule has 0 amide bonds. The lowest BCUT2D eigenvalue weighted by Crippen LogP contribution is -2.36. The number of fused-ring (bicyclic) bond motifs is 1. The second-order valence-electron chi connectivity index (χ2n) is 6.16. The number of anilines is 1. The molecule has 1 saturated heterocycles. The summed E-state index contributed by atoms with van der Waals surface area (Å²) in [6.45, 7) is 4.12. The van der Waals surface area contributed by atoms with Gasteiger partial charge >= 0.3 is 0 Å². The van der Waals surface area contributed by atoms with Gasteiger partial charge in [-0.15, -0.1) is 0 Å². The topological polar surface area (TPSA) is 37.4 Å². The normalized spacial score (nSPS) is 22.1. The van der Waals surface area contributed by atoms with E-state index in [1.807, 2.05) is 13.2 Å². The van der Waals surface area contributed by atoms with Crippen LogP contribution in [0.3, 0.4) is 0 Å². The summed E-state index contributed by atoms with van der Waals surface area (Å²) >= 11 is 0. The Morgan fingerprint density at radius 3 is 3.14 bits per heavy atom. The molecular formula is C17H27N3O. The van der Waals surface area contributed by atoms with Crippen molar-refractivity contribution in [3.05, 3.63) is 23.4 Å². The fraction of sp³-hybridized carbons (Fsp3) is 0.706. The molecule has 1 N–H and O–H groups in total. The van der Waals surface area contributed by atoms with Gasteiger partial charge in [0.15, 0.2) is 0 Å². The summed E-state index contributed by atoms with van der Waals surface area (Å²) in [4.78, 5) is 7.10. The van der Waals surface area contributed by atoms with Crippen molar-refractivity contribution in [2.24, 2.45) is 0 Å². The highest BCUT2D eigenvalue weighted by Gasteiger charge is 2.22. The Kier molecular flexibility index (Phi) is 5.09. The highest BCUT2D eigenvalue weighted by molar-refractivity contribution is 5.52. The van der Waals surface area contributed by atoms with Gasteiger partial charge in [-0.1, -0.05) is 0 Å². The van der Waals surface area contributed by atoms with Crippen LogP contribution in [0.25, 0.3) is 0 Å². The molecule has 0 saturated carbocycles. The first kappa shape index (κ1) is 14.8. The predicted molar refractivity (Wildman–Crippen MR) is 86.0 cm³/mol. The van der Waals surface area contributed by atoms with E-state index in [9.17, 15) is 0 Å². The molecule has 2 aliphatic heterocycles. The molecule has 1 unspecified atom stereocenters. The number of ether oxygens (including phenoxy) is 1. The first-order valence-corrected chi connectivity index (χ1v) is 8.36. The third-order valence-corrected chi connectivity index (χ3v) is 4.64. The van der Waals surface area contributed by atoms with Crippen molar-refractivity contribution in [1.82, 2.24) is 10.3 Å². The lowest BCUT2D eigenvalue weighted by atomic mass is 9.94. The number of aromatic nitrogens is 1. The first-order valence-electron chi connectivity index (χ1n) is 8.36. The van der Waals surface area contributed by atoms with Gasteiger partial charge in [-0.2, -0.15) is 0 Å². The predicted octanol–water partition coefficient (Wildman–Crippen LogP) is 2.17. The van der Waals surface area contributed by atoms with E-state index in [-0.39, 0.29) is 0 Å². The van der Waals surface area contributed by atoms with Gasteiger partial charge in [0.05, 0.1) is 6.10 Å². The van der Waals surface area contributed by atoms with E-state index in [1.54, 1.807) is 0 Å². The van der Waals surface area contributed by atoms with Crippen LogP contribution in [0, 0.1) is 0 Å². The lowest BCUT2D eigenvalue weighted by Gasteiger charge is -2.32. The molecule has 1 aromatic heterocycles. The van der Waals surface area contributed by atoms with Crippen molar-refractivity contribution in [1.29, 1.82) is 0 Å². The van der Waals surface area contributed by atoms with Crippen molar-refractivity contribution in [3.63, 3.8) is 0 Å². The minimum Gasteiger partial charge on any atom is -0.378 e. The van der Waals surface area contributed by atoms with Gasteiger partial charge in [-0.3, -0.25) is 0 Å². The standard InChI is InChI=1S/C17H27N3O/c1-18-9-11-20-10-4-6-16-14(7-8-19-17(16)20)13-15-5-2-3-12-21-15/h7-8,15,18H,2-6,9-13H2,1H3. The number of hydrogen-bond acceptors (Lipinski definition) is 4. The number of rotatable bonds is 5. The van der Waals surface area contributed by atoms with Crippen LogP contribution in [-0.4, -0.2) is 44.4 Å². The molecule has 116 valence electrons. The zero-order chi connectivity index (χ0) is 14.5. The van der Waals surface area contributed by atoms with Crippen molar-refractivity contribution in [2.45, 2.75) is 44.6 Å². The highest BCUT2D eigenvalue weighted by atomic mass is 16.5. The Balaban J connectivity index is 1.75. The van der Waals surface area contributed by atoms with Crippen molar-refractivity contribution >= 4 is 5.82 Å². The van der Waals surface area contributed by atoms with Crippen LogP contribution in [0.2, 0.25) is 0 Å². The molecule has 1 fully saturated rings. The van der Waals surface area contributed by atoms with Gasteiger partial charge in [0.2, 0.25) is 0 Å². The van der Waals surface area contributed by atoms with Crippen LogP contribution in [0.1, 0.15) is 36.8 Å². The molecule has 1 aromatic rings. The molecule has 0 radical (unpaired) electrons. The van der Waals surface area contributed by atoms with Crippen molar-refractivity contribution in [2.75, 3.05) is 38.2 Å². The lowest BCUT2D eigenvalue weighted by molar-refractivity contribution is 0.0166. The van der Waals surface area contributed by atoms with Gasteiger partial charge in [-0.05, 0) is 62.8 Å². The van der Waals surface area contributed by atoms with Crippen LogP contribution >= 0.6 is 0 Å². The first-order chi connectivity index (χ1) is 10.4. The van der Waals surface area contributed by atoms with Gasteiger partial charge < -0.3 is 15.0 Å². The molecule has 4 nitrogen and oxygen atoms in total. The van der Waals surface area contributed by atoms with Gasteiger partial charge in [0.25, 0.3) is 0 Å². The summed E-state index contributed by atoms with van der Waals surface area (Å²) in [6.07, 6.45) is 9.61. The summed E-state index contributed by atoms with van der Waals surface area (Å²) in [5, 5.41) is 3.24. The molecular weight excluding hydrogens is 262 g/mol. The minimum atomic E-state index is 0.415. The number of nitrogens with zero attached hydrogens (tertiary/aromatic N) is 2. The molecule has 0 spiro atoms. The quantitative estimate of drug-likeness (QED) is 0.901. The maximum absolute atomic E-state index is 5.92. The SMILES string of the molecule is CNCCN1CCCc2c(CC3CCCCO3)ccnc21. The second-order valence-corrected chi connectivity index (χ2v) is 6.16. The Hall–Kier alpha value is -1.13. The van der Waals surface area contributed by atoms with E-state index in [1.165, 1.54) is 49.0 Å². The molecule has 0 aliphatic carbocycles. The molecule has 2 aliphatic rings. The number of hydrogen-bond donors (Lipinski definition) is 1. The summed E-state index contributed by atoms with van der Waals surface area (Å²) in [5.74, 6) is 1.21. The van der Waals surface area contributed by atoms with E-state index in [0.717, 1.165) is 32.7 Å². The Morgan fingerprint density at radius 1 is 1.38 bits per heavy atom. The van der Waals surface area contributed by atoms with E-state index in [0.29, 0.717) is 6.10 Å². The molecule has 4 heteroatoms. The van der Waals surface area contributed by atoms with Gasteiger partial charge in [0, 0.05) is 32.4 Å². The fourth-order valence-corrected chi connectivity index (χ4v) is 3.49. The minimum absolute atomic E-state index is 0.415. The molecule has 3 rings (SSSR count). The molecule has 21 heavy (non-hydrogen) atoms. The summed E-state index contributed by atoms with van der Waals surface area (Å²) in [6, 6.07) is 2.21. The largest absolute Gasteiger partial charge is 0.378 e. The van der Waals surface area contributed by atoms with Gasteiger partial charge in [0.1, 0.15) is 5.82 Å². The Bertz CT molecular complexity index is 457. The van der Waals surface area contributed by atoms with Crippen molar-refractivity contribution < 1.29 is 4.74 Å². The van der Waals surface area contributed by atoms with Gasteiger partial charge in [-0.25, -0.2) is 4.98 Å². The number of nitrogens with one attached hydrogen (secondary N) is 1. The van der Waals surface area contributed by atoms with E-state index < -0.39 is 0 Å². The molecule has 1 atom stereocenters. The van der Waals surface area contributed by atoms with Crippen LogP contribution in [0.15, 0.2) is 12.3 Å². The average Bonchev–Trinajstić information content (AvgIpc) is 2.54. The van der Waals surface area contributed by atoms with E-state index >= 15 is 0 Å². The third-order valence-electron chi connectivity index (χ3n) is 4.64. The number of likely N-dealkylation sites (N-methyl/N-ethyl adjacent to an activating group) is 1. The Labute approximate surface area is 127 Å². The number of pyridine rings is 1. The van der Waals surface area contributed by atoms with Crippen LogP contribution in [-0.2, 0) is 17.6 Å². The van der Waals surface area contributed by atoms with Crippen LogP contribution in [0.5, 0.6) is 0 Å². The molecule has 3 heterocycles. The van der Waals surface area contributed by atoms with E-state index in [4.69, 9.17) is 4.74 Å². The third kappa shape index (κ3) is 3.55. The summed E-state index contributed by atoms with van der Waals surface area (Å²) in [5.41, 5.74) is 2.93. The van der Waals surface area contributed by atoms with E-state index in [2.05, 4.69) is 21.3 Å². The maximum atomic E-state index is 5.92. The Morgan fingerprint density at radius 2 is 2.33 bits per heavy atom. The average molecular weight is 289 g/mol. The summed E-state index contributed by atoms with van der Waals surface area (Å²) < 4.78 is 5.92. The van der Waals surface area contributed by atoms with Crippen LogP contribution in [0.4, 0.5) is 5.82 Å². The zero-order valence-corrected chi connectivity index (χ0v) is 13.1. The fourth-order valence-electron chi connectivity index (χ4n) is 3.49. The zero-order valence-electron chi connectivity index (χ0n) is 13.1. The van der Waals surface area contributed by atoms with Crippen molar-refractivity contribution in [3.8, 4) is 0 Å². The molecule has 0 aromatic carbocycles. The van der Waals surface area contributed by atoms with Crippen LogP contribution < -0.4 is 10.2 Å². The monoisotopic (exact) mass is 289 g/mol. The maximum Gasteiger partial charge on any atom is 0.132 e. The smallest absolute Gasteiger partial charge is 0.132 e. The highest BCUT2D eigenvalue weighted by Crippen LogP contribution is 2.29. The molecule has 0 bridgehead atoms.